The van der Waals surface area contributed by atoms with Gasteiger partial charge < -0.3 is 9.47 Å². The van der Waals surface area contributed by atoms with E-state index in [0.29, 0.717) is 31.3 Å². The van der Waals surface area contributed by atoms with Gasteiger partial charge in [0.15, 0.2) is 0 Å². The summed E-state index contributed by atoms with van der Waals surface area (Å²) < 4.78 is 25.6. The van der Waals surface area contributed by atoms with E-state index in [1.54, 1.807) is 13.2 Å². The lowest BCUT2D eigenvalue weighted by Crippen LogP contribution is -2.35. The van der Waals surface area contributed by atoms with Crippen molar-refractivity contribution in [1.29, 1.82) is 0 Å². The zero-order valence-electron chi connectivity index (χ0n) is 16.4. The lowest BCUT2D eigenvalue weighted by atomic mass is 9.86. The van der Waals surface area contributed by atoms with Crippen molar-refractivity contribution in [2.75, 3.05) is 27.4 Å². The lowest BCUT2D eigenvalue weighted by molar-refractivity contribution is -0.344. The van der Waals surface area contributed by atoms with E-state index in [1.807, 2.05) is 37.3 Å². The van der Waals surface area contributed by atoms with Crippen LogP contribution in [0.15, 0.2) is 52.3 Å². The number of ether oxygens (including phenoxy) is 2. The summed E-state index contributed by atoms with van der Waals surface area (Å²) in [4.78, 5) is 7.04. The Morgan fingerprint density at radius 2 is 1.82 bits per heavy atom. The van der Waals surface area contributed by atoms with E-state index in [4.69, 9.17) is 14.3 Å². The third kappa shape index (κ3) is 5.11. The molecule has 0 aliphatic carbocycles. The van der Waals surface area contributed by atoms with Gasteiger partial charge in [-0.3, -0.25) is 10.0 Å². The molecule has 1 N–H and O–H groups in total. The van der Waals surface area contributed by atoms with Crippen LogP contribution in [0.4, 0.5) is 4.39 Å². The molecule has 1 fully saturated rings. The van der Waals surface area contributed by atoms with Crippen LogP contribution in [0.25, 0.3) is 0 Å². The van der Waals surface area contributed by atoms with Crippen molar-refractivity contribution in [2.24, 2.45) is 0 Å². The van der Waals surface area contributed by atoms with Gasteiger partial charge in [0.1, 0.15) is 11.9 Å². The van der Waals surface area contributed by atoms with E-state index < -0.39 is 5.60 Å². The Labute approximate surface area is 169 Å². The summed E-state index contributed by atoms with van der Waals surface area (Å²) >= 11 is 1.50. The summed E-state index contributed by atoms with van der Waals surface area (Å²) in [5.74, 6) is -0.271. The Morgan fingerprint density at radius 1 is 1.14 bits per heavy atom. The molecule has 7 heteroatoms. The number of methoxy groups -OCH3 is 1. The number of hydrogen-bond acceptors (Lipinski definition) is 6. The predicted molar refractivity (Wildman–Crippen MR) is 105 cm³/mol. The van der Waals surface area contributed by atoms with Crippen LogP contribution in [0.5, 0.6) is 0 Å². The number of rotatable bonds is 7. The van der Waals surface area contributed by atoms with Crippen molar-refractivity contribution in [1.82, 2.24) is 5.23 Å². The zero-order chi connectivity index (χ0) is 20.1. The zero-order valence-corrected chi connectivity index (χ0v) is 17.2. The Hall–Kier alpha value is -1.48. The third-order valence-electron chi connectivity index (χ3n) is 4.98. The van der Waals surface area contributed by atoms with Crippen molar-refractivity contribution in [2.45, 2.75) is 41.3 Å². The molecular formula is C21H26FNO4S. The van der Waals surface area contributed by atoms with E-state index in [-0.39, 0.29) is 11.9 Å². The molecule has 1 aliphatic heterocycles. The Bertz CT molecular complexity index is 778. The minimum absolute atomic E-state index is 0.271. The van der Waals surface area contributed by atoms with Crippen molar-refractivity contribution in [3.63, 3.8) is 0 Å². The van der Waals surface area contributed by atoms with Gasteiger partial charge in [0.05, 0.1) is 5.60 Å². The van der Waals surface area contributed by atoms with Crippen LogP contribution in [-0.2, 0) is 19.9 Å². The fourth-order valence-electron chi connectivity index (χ4n) is 3.43. The Kier molecular flexibility index (Phi) is 7.09. The normalized spacial score (nSPS) is 17.6. The van der Waals surface area contributed by atoms with Gasteiger partial charge in [-0.05, 0) is 48.4 Å². The molecular weight excluding hydrogens is 381 g/mol. The molecule has 2 aromatic carbocycles. The largest absolute Gasteiger partial charge is 0.381 e. The Balaban J connectivity index is 1.78. The molecule has 0 saturated carbocycles. The molecule has 28 heavy (non-hydrogen) atoms. The maximum Gasteiger partial charge on any atom is 0.124 e. The maximum absolute atomic E-state index is 14.3. The van der Waals surface area contributed by atoms with Gasteiger partial charge in [0.25, 0.3) is 0 Å². The highest BCUT2D eigenvalue weighted by molar-refractivity contribution is 7.99. The first-order valence-corrected chi connectivity index (χ1v) is 10.0. The van der Waals surface area contributed by atoms with Gasteiger partial charge in [0, 0.05) is 50.0 Å². The molecule has 1 heterocycles. The van der Waals surface area contributed by atoms with Crippen molar-refractivity contribution < 1.29 is 23.9 Å². The summed E-state index contributed by atoms with van der Waals surface area (Å²) in [6.45, 7) is 3.07. The van der Waals surface area contributed by atoms with Gasteiger partial charge >= 0.3 is 0 Å². The molecule has 152 valence electrons. The average Bonchev–Trinajstić information content (AvgIpc) is 2.68. The van der Waals surface area contributed by atoms with Crippen molar-refractivity contribution in [3.8, 4) is 0 Å². The number of hydrogen-bond donors (Lipinski definition) is 1. The van der Waals surface area contributed by atoms with Gasteiger partial charge in [-0.25, -0.2) is 4.39 Å². The molecule has 0 amide bonds. The van der Waals surface area contributed by atoms with E-state index in [2.05, 4.69) is 0 Å². The molecule has 2 aromatic rings. The fraction of sp³-hybridized carbons (Fsp3) is 0.429. The molecule has 1 unspecified atom stereocenters. The standard InChI is InChI=1S/C21H26FNO4S/c1-15(27-23(2)24)16-4-6-19(7-5-16)28-20-13-17(12-18(22)14-20)21(25-3)8-10-26-11-9-21/h4-7,12-15,24H,8-11H2,1-3H3. The van der Waals surface area contributed by atoms with E-state index in [9.17, 15) is 9.60 Å². The minimum Gasteiger partial charge on any atom is -0.381 e. The van der Waals surface area contributed by atoms with Gasteiger partial charge in [0.2, 0.25) is 0 Å². The van der Waals surface area contributed by atoms with Crippen LogP contribution >= 0.6 is 11.8 Å². The summed E-state index contributed by atoms with van der Waals surface area (Å²) in [5.41, 5.74) is 1.29. The second kappa shape index (κ2) is 9.35. The Morgan fingerprint density at radius 3 is 2.43 bits per heavy atom. The molecule has 1 aliphatic rings. The number of benzene rings is 2. The molecule has 3 rings (SSSR count). The summed E-state index contributed by atoms with van der Waals surface area (Å²) in [5, 5.41) is 9.89. The second-order valence-electron chi connectivity index (χ2n) is 6.87. The number of nitrogens with zero attached hydrogens (tertiary/aromatic N) is 1. The quantitative estimate of drug-likeness (QED) is 0.656. The van der Waals surface area contributed by atoms with Crippen LogP contribution in [0.1, 0.15) is 37.0 Å². The highest BCUT2D eigenvalue weighted by atomic mass is 32.2. The van der Waals surface area contributed by atoms with Crippen molar-refractivity contribution in [3.05, 3.63) is 59.4 Å². The van der Waals surface area contributed by atoms with E-state index in [1.165, 1.54) is 24.9 Å². The van der Waals surface area contributed by atoms with Crippen LogP contribution in [-0.4, -0.2) is 37.8 Å². The summed E-state index contributed by atoms with van der Waals surface area (Å²) in [7, 11) is 3.10. The molecule has 0 radical (unpaired) electrons. The lowest BCUT2D eigenvalue weighted by Gasteiger charge is -2.36. The first-order valence-electron chi connectivity index (χ1n) is 9.23. The predicted octanol–water partition coefficient (Wildman–Crippen LogP) is 4.94. The van der Waals surface area contributed by atoms with E-state index in [0.717, 1.165) is 20.9 Å². The van der Waals surface area contributed by atoms with Gasteiger partial charge in [-0.2, -0.15) is 0 Å². The number of hydroxylamine groups is 2. The maximum atomic E-state index is 14.3. The molecule has 0 spiro atoms. The van der Waals surface area contributed by atoms with E-state index >= 15 is 0 Å². The van der Waals surface area contributed by atoms with Crippen LogP contribution in [0.3, 0.4) is 0 Å². The van der Waals surface area contributed by atoms with Crippen LogP contribution in [0, 0.1) is 5.82 Å². The van der Waals surface area contributed by atoms with Gasteiger partial charge in [-0.1, -0.05) is 29.1 Å². The molecule has 0 bridgehead atoms. The van der Waals surface area contributed by atoms with Crippen molar-refractivity contribution >= 4 is 11.8 Å². The number of halogens is 1. The van der Waals surface area contributed by atoms with Crippen LogP contribution < -0.4 is 0 Å². The molecule has 1 saturated heterocycles. The first kappa shape index (κ1) is 21.2. The summed E-state index contributed by atoms with van der Waals surface area (Å²) in [6.07, 6.45) is 1.15. The van der Waals surface area contributed by atoms with Gasteiger partial charge in [-0.15, -0.1) is 0 Å². The van der Waals surface area contributed by atoms with Crippen LogP contribution in [0.2, 0.25) is 0 Å². The topological polar surface area (TPSA) is 51.2 Å². The second-order valence-corrected chi connectivity index (χ2v) is 8.02. The third-order valence-corrected chi connectivity index (χ3v) is 5.96. The smallest absolute Gasteiger partial charge is 0.124 e. The minimum atomic E-state index is -0.497. The average molecular weight is 408 g/mol. The highest BCUT2D eigenvalue weighted by Crippen LogP contribution is 2.39. The monoisotopic (exact) mass is 407 g/mol. The first-order chi connectivity index (χ1) is 13.4. The SMILES string of the molecule is COC1(c2cc(F)cc(Sc3ccc(C(C)ON(C)O)cc3)c2)CCOCC1. The molecule has 5 nitrogen and oxygen atoms in total. The molecule has 1 atom stereocenters. The highest BCUT2D eigenvalue weighted by Gasteiger charge is 2.35. The summed E-state index contributed by atoms with van der Waals surface area (Å²) in [6, 6.07) is 12.9. The molecule has 0 aromatic heterocycles. The fourth-order valence-corrected chi connectivity index (χ4v) is 4.33.